The molecule has 90 valence electrons. The van der Waals surface area contributed by atoms with Gasteiger partial charge in [0.15, 0.2) is 5.78 Å². The van der Waals surface area contributed by atoms with Crippen molar-refractivity contribution in [2.24, 2.45) is 0 Å². The van der Waals surface area contributed by atoms with Crippen LogP contribution in [0.15, 0.2) is 12.1 Å². The third-order valence-corrected chi connectivity index (χ3v) is 2.55. The molecule has 0 heterocycles. The van der Waals surface area contributed by atoms with Crippen molar-refractivity contribution in [1.82, 2.24) is 0 Å². The summed E-state index contributed by atoms with van der Waals surface area (Å²) in [7, 11) is 0. The Hall–Kier alpha value is -1.54. The summed E-state index contributed by atoms with van der Waals surface area (Å²) in [4.78, 5) is 11.3. The summed E-state index contributed by atoms with van der Waals surface area (Å²) < 4.78 is 37.7. The average molecular weight is 262 g/mol. The van der Waals surface area contributed by atoms with Crippen molar-refractivity contribution in [1.29, 1.82) is 5.26 Å². The second kappa shape index (κ2) is 4.76. The maximum atomic E-state index is 12.6. The van der Waals surface area contributed by atoms with Crippen LogP contribution in [0.5, 0.6) is 0 Å². The smallest absolute Gasteiger partial charge is 0.293 e. The molecule has 0 bridgehead atoms. The van der Waals surface area contributed by atoms with E-state index in [0.29, 0.717) is 0 Å². The van der Waals surface area contributed by atoms with Crippen LogP contribution in [-0.2, 0) is 6.18 Å². The van der Waals surface area contributed by atoms with Crippen LogP contribution in [-0.4, -0.2) is 11.7 Å². The predicted molar refractivity (Wildman–Crippen MR) is 55.9 cm³/mol. The molecule has 1 aromatic rings. The number of hydrogen-bond acceptors (Lipinski definition) is 2. The van der Waals surface area contributed by atoms with Gasteiger partial charge >= 0.3 is 6.18 Å². The van der Waals surface area contributed by atoms with Gasteiger partial charge in [0.25, 0.3) is 0 Å². The van der Waals surface area contributed by atoms with E-state index in [1.54, 1.807) is 0 Å². The standard InChI is InChI=1S/C11H7ClF3NO/c1-6-7(10(17)4-12)2-3-9(8(6)5-16)11(13,14)15/h2-3H,4H2,1H3. The Morgan fingerprint density at radius 1 is 1.47 bits per heavy atom. The van der Waals surface area contributed by atoms with E-state index >= 15 is 0 Å². The van der Waals surface area contributed by atoms with E-state index in [-0.39, 0.29) is 17.0 Å². The molecule has 2 nitrogen and oxygen atoms in total. The van der Waals surface area contributed by atoms with Crippen molar-refractivity contribution in [3.8, 4) is 6.07 Å². The Kier molecular flexibility index (Phi) is 3.79. The number of carbonyl (C=O) groups excluding carboxylic acids is 1. The number of hydrogen-bond donors (Lipinski definition) is 0. The third-order valence-electron chi connectivity index (χ3n) is 2.30. The van der Waals surface area contributed by atoms with Crippen molar-refractivity contribution < 1.29 is 18.0 Å². The highest BCUT2D eigenvalue weighted by molar-refractivity contribution is 6.30. The van der Waals surface area contributed by atoms with Gasteiger partial charge in [0.1, 0.15) is 6.07 Å². The molecule has 1 aromatic carbocycles. The minimum absolute atomic E-state index is 0.00738. The first-order chi connectivity index (χ1) is 7.82. The van der Waals surface area contributed by atoms with Crippen LogP contribution in [0.1, 0.15) is 27.0 Å². The molecule has 0 spiro atoms. The number of nitriles is 1. The highest BCUT2D eigenvalue weighted by atomic mass is 35.5. The number of Topliss-reactive ketones (excluding diaryl/α,β-unsaturated/α-hetero) is 1. The van der Waals surface area contributed by atoms with Crippen molar-refractivity contribution in [3.05, 3.63) is 34.4 Å². The maximum Gasteiger partial charge on any atom is 0.417 e. The Balaban J connectivity index is 3.50. The molecule has 0 saturated heterocycles. The van der Waals surface area contributed by atoms with E-state index in [9.17, 15) is 18.0 Å². The van der Waals surface area contributed by atoms with Crippen molar-refractivity contribution in [2.75, 3.05) is 5.88 Å². The number of carbonyl (C=O) groups is 1. The van der Waals surface area contributed by atoms with Crippen LogP contribution in [0.3, 0.4) is 0 Å². The number of halogens is 4. The highest BCUT2D eigenvalue weighted by Crippen LogP contribution is 2.34. The van der Waals surface area contributed by atoms with Gasteiger partial charge in [0, 0.05) is 5.56 Å². The summed E-state index contributed by atoms with van der Waals surface area (Å²) in [5.74, 6) is -0.841. The van der Waals surface area contributed by atoms with E-state index in [1.165, 1.54) is 13.0 Å². The third kappa shape index (κ3) is 2.59. The molecule has 0 saturated carbocycles. The second-order valence-corrected chi connectivity index (χ2v) is 3.59. The fourth-order valence-corrected chi connectivity index (χ4v) is 1.61. The molecule has 0 radical (unpaired) electrons. The quantitative estimate of drug-likeness (QED) is 0.605. The average Bonchev–Trinajstić information content (AvgIpc) is 2.26. The SMILES string of the molecule is Cc1c(C(=O)CCl)ccc(C(F)(F)F)c1C#N. The Labute approximate surface area is 101 Å². The van der Waals surface area contributed by atoms with Gasteiger partial charge in [0.2, 0.25) is 0 Å². The summed E-state index contributed by atoms with van der Waals surface area (Å²) in [6.45, 7) is 1.30. The summed E-state index contributed by atoms with van der Waals surface area (Å²) >= 11 is 5.33. The monoisotopic (exact) mass is 261 g/mol. The zero-order valence-corrected chi connectivity index (χ0v) is 9.49. The molecule has 0 unspecified atom stereocenters. The van der Waals surface area contributed by atoms with Gasteiger partial charge in [-0.2, -0.15) is 18.4 Å². The Morgan fingerprint density at radius 3 is 2.47 bits per heavy atom. The van der Waals surface area contributed by atoms with Gasteiger partial charge in [-0.05, 0) is 18.6 Å². The Bertz CT molecular complexity index is 503. The number of ketones is 1. The summed E-state index contributed by atoms with van der Waals surface area (Å²) in [5, 5.41) is 8.75. The molecule has 0 aromatic heterocycles. The molecule has 0 N–H and O–H groups in total. The van der Waals surface area contributed by atoms with Gasteiger partial charge in [-0.25, -0.2) is 0 Å². The molecule has 0 aliphatic carbocycles. The highest BCUT2D eigenvalue weighted by Gasteiger charge is 2.34. The molecular formula is C11H7ClF3NO. The van der Waals surface area contributed by atoms with Crippen molar-refractivity contribution in [3.63, 3.8) is 0 Å². The van der Waals surface area contributed by atoms with Crippen LogP contribution >= 0.6 is 11.6 Å². The van der Waals surface area contributed by atoms with Gasteiger partial charge in [-0.3, -0.25) is 4.79 Å². The molecule has 0 aliphatic heterocycles. The van der Waals surface area contributed by atoms with Crippen molar-refractivity contribution in [2.45, 2.75) is 13.1 Å². The molecule has 6 heteroatoms. The van der Waals surface area contributed by atoms with Gasteiger partial charge in [-0.15, -0.1) is 11.6 Å². The zero-order valence-electron chi connectivity index (χ0n) is 8.73. The predicted octanol–water partition coefficient (Wildman–Crippen LogP) is 3.31. The normalized spacial score (nSPS) is 11.1. The lowest BCUT2D eigenvalue weighted by molar-refractivity contribution is -0.137. The number of alkyl halides is 4. The van der Waals surface area contributed by atoms with E-state index in [1.807, 2.05) is 0 Å². The van der Waals surface area contributed by atoms with Crippen molar-refractivity contribution >= 4 is 17.4 Å². The lowest BCUT2D eigenvalue weighted by Gasteiger charge is -2.12. The largest absolute Gasteiger partial charge is 0.417 e. The Morgan fingerprint density at radius 2 is 2.06 bits per heavy atom. The molecule has 17 heavy (non-hydrogen) atoms. The van der Waals surface area contributed by atoms with Crippen LogP contribution in [0.25, 0.3) is 0 Å². The maximum absolute atomic E-state index is 12.6. The molecule has 0 aliphatic rings. The minimum Gasteiger partial charge on any atom is -0.293 e. The molecule has 1 rings (SSSR count). The minimum atomic E-state index is -4.61. The van der Waals surface area contributed by atoms with Gasteiger partial charge in [-0.1, -0.05) is 6.07 Å². The molecule has 0 amide bonds. The number of nitrogens with zero attached hydrogens (tertiary/aromatic N) is 1. The van der Waals surface area contributed by atoms with Crippen LogP contribution in [0.4, 0.5) is 13.2 Å². The lowest BCUT2D eigenvalue weighted by Crippen LogP contribution is -2.12. The first-order valence-electron chi connectivity index (χ1n) is 4.53. The second-order valence-electron chi connectivity index (χ2n) is 3.33. The van der Waals surface area contributed by atoms with E-state index in [0.717, 1.165) is 12.1 Å². The van der Waals surface area contributed by atoms with E-state index < -0.39 is 23.1 Å². The summed E-state index contributed by atoms with van der Waals surface area (Å²) in [6, 6.07) is 3.25. The first kappa shape index (κ1) is 13.5. The summed E-state index contributed by atoms with van der Waals surface area (Å²) in [6.07, 6.45) is -4.61. The molecular weight excluding hydrogens is 255 g/mol. The molecule has 0 fully saturated rings. The fraction of sp³-hybridized carbons (Fsp3) is 0.273. The topological polar surface area (TPSA) is 40.9 Å². The summed E-state index contributed by atoms with van der Waals surface area (Å²) in [5.41, 5.74) is -1.52. The first-order valence-corrected chi connectivity index (χ1v) is 5.06. The van der Waals surface area contributed by atoms with Crippen LogP contribution in [0, 0.1) is 18.3 Å². The van der Waals surface area contributed by atoms with Gasteiger partial charge < -0.3 is 0 Å². The van der Waals surface area contributed by atoms with Crippen LogP contribution in [0.2, 0.25) is 0 Å². The lowest BCUT2D eigenvalue weighted by atomic mass is 9.95. The number of rotatable bonds is 2. The number of benzene rings is 1. The van der Waals surface area contributed by atoms with E-state index in [2.05, 4.69) is 0 Å². The van der Waals surface area contributed by atoms with Crippen LogP contribution < -0.4 is 0 Å². The van der Waals surface area contributed by atoms with E-state index in [4.69, 9.17) is 16.9 Å². The zero-order chi connectivity index (χ0) is 13.2. The fourth-order valence-electron chi connectivity index (χ4n) is 1.47. The van der Waals surface area contributed by atoms with Gasteiger partial charge in [0.05, 0.1) is 17.0 Å². The molecule has 0 atom stereocenters.